The molecule has 6 rings (SSSR count). The van der Waals surface area contributed by atoms with Gasteiger partial charge in [-0.15, -0.1) is 5.10 Å². The van der Waals surface area contributed by atoms with E-state index >= 15 is 0 Å². The van der Waals surface area contributed by atoms with Crippen molar-refractivity contribution in [3.05, 3.63) is 65.4 Å². The zero-order chi connectivity index (χ0) is 34.1. The molecule has 2 amide bonds. The lowest BCUT2D eigenvalue weighted by molar-refractivity contribution is -0.120. The number of nitrogens with zero attached hydrogens (tertiary/aromatic N) is 4. The summed E-state index contributed by atoms with van der Waals surface area (Å²) in [5.41, 5.74) is 0.636. The number of methoxy groups -OCH3 is 2. The molecule has 246 valence electrons. The van der Waals surface area contributed by atoms with E-state index in [0.29, 0.717) is 51.7 Å². The Morgan fingerprint density at radius 2 is 1.60 bits per heavy atom. The summed E-state index contributed by atoms with van der Waals surface area (Å²) in [4.78, 5) is 46.7. The summed E-state index contributed by atoms with van der Waals surface area (Å²) >= 11 is 0. The van der Waals surface area contributed by atoms with Crippen LogP contribution in [0.15, 0.2) is 48.5 Å². The largest absolute Gasteiger partial charge is 0.497 e. The highest BCUT2D eigenvalue weighted by Gasteiger charge is 2.68. The molecule has 0 radical (unpaired) electrons. The molecule has 1 fully saturated rings. The molecule has 1 aliphatic carbocycles. The van der Waals surface area contributed by atoms with Crippen molar-refractivity contribution in [3.63, 3.8) is 0 Å². The molecular weight excluding hydrogens is 602 g/mol. The van der Waals surface area contributed by atoms with Gasteiger partial charge in [-0.3, -0.25) is 4.79 Å². The number of rotatable bonds is 5. The highest BCUT2D eigenvalue weighted by molar-refractivity contribution is 6.23. The van der Waals surface area contributed by atoms with E-state index < -0.39 is 28.8 Å². The lowest BCUT2D eigenvalue weighted by Crippen LogP contribution is -2.41. The van der Waals surface area contributed by atoms with Crippen molar-refractivity contribution < 1.29 is 33.3 Å². The average Bonchev–Trinajstić information content (AvgIpc) is 3.57. The van der Waals surface area contributed by atoms with E-state index in [9.17, 15) is 14.4 Å². The summed E-state index contributed by atoms with van der Waals surface area (Å²) in [5.74, 6) is 1.24. The van der Waals surface area contributed by atoms with Crippen molar-refractivity contribution in [2.45, 2.75) is 77.4 Å². The number of imide groups is 1. The quantitative estimate of drug-likeness (QED) is 0.243. The Morgan fingerprint density at radius 1 is 0.894 bits per heavy atom. The number of carbonyl (C=O) groups is 3. The van der Waals surface area contributed by atoms with Gasteiger partial charge < -0.3 is 24.3 Å². The average molecular weight is 642 g/mol. The topological polar surface area (TPSA) is 134 Å². The maximum absolute atomic E-state index is 14.2. The molecule has 2 aliphatic rings. The lowest BCUT2D eigenvalue weighted by atomic mass is 9.91. The smallest absolute Gasteiger partial charge is 0.435 e. The number of anilines is 3. The van der Waals surface area contributed by atoms with Gasteiger partial charge >= 0.3 is 12.2 Å². The summed E-state index contributed by atoms with van der Waals surface area (Å²) in [7, 11) is 3.11. The van der Waals surface area contributed by atoms with Crippen LogP contribution in [0.4, 0.5) is 26.9 Å². The number of ether oxygens (including phenoxy) is 4. The number of benzene rings is 2. The molecule has 4 aromatic rings. The SMILES string of the molecule is COc1ccc2c(c1)[C@]1(C[C@H]1c1ccc3c(Nc4nc(C)ccc4OC)nn(C(=O)OC(C)(C)C)c3c1)C(=O)N2C(=O)OC(C)(C)C. The van der Waals surface area contributed by atoms with Crippen molar-refractivity contribution in [2.24, 2.45) is 0 Å². The minimum atomic E-state index is -1.01. The first-order valence-corrected chi connectivity index (χ1v) is 15.4. The van der Waals surface area contributed by atoms with Crippen LogP contribution in [0.2, 0.25) is 0 Å². The van der Waals surface area contributed by atoms with Crippen LogP contribution in [-0.2, 0) is 19.7 Å². The molecule has 0 unspecified atom stereocenters. The zero-order valence-corrected chi connectivity index (χ0v) is 28.0. The number of aromatic nitrogens is 3. The standard InChI is InChI=1S/C35H39N5O7/c1-19-10-15-27(45-9)29(36-19)37-28-22-13-11-20(16-26(22)40(38-28)32(43)47-34(5,6)7)24-18-35(24)23-17-21(44-8)12-14-25(23)39(30(35)41)31(42)46-33(2,3)4/h10-17,24H,18H2,1-9H3,(H,36,37,38)/t24-,35-/m0/s1. The summed E-state index contributed by atoms with van der Waals surface area (Å²) < 4.78 is 23.5. The monoisotopic (exact) mass is 641 g/mol. The molecule has 1 aliphatic heterocycles. The molecular formula is C35H39N5O7. The van der Waals surface area contributed by atoms with Gasteiger partial charge in [0, 0.05) is 17.0 Å². The first-order chi connectivity index (χ1) is 22.1. The Balaban J connectivity index is 1.44. The van der Waals surface area contributed by atoms with Crippen molar-refractivity contribution in [1.29, 1.82) is 0 Å². The zero-order valence-electron chi connectivity index (χ0n) is 28.0. The van der Waals surface area contributed by atoms with Crippen LogP contribution >= 0.6 is 0 Å². The van der Waals surface area contributed by atoms with Gasteiger partial charge in [-0.2, -0.15) is 4.68 Å². The number of pyridine rings is 1. The number of hydrogen-bond donors (Lipinski definition) is 1. The molecule has 2 aromatic carbocycles. The van der Waals surface area contributed by atoms with E-state index in [2.05, 4.69) is 15.4 Å². The second kappa shape index (κ2) is 11.0. The molecule has 12 heteroatoms. The number of amides is 2. The first-order valence-electron chi connectivity index (χ1n) is 15.4. The van der Waals surface area contributed by atoms with Crippen LogP contribution in [0.25, 0.3) is 10.9 Å². The second-order valence-electron chi connectivity index (χ2n) is 13.9. The number of carbonyl (C=O) groups excluding carboxylic acids is 3. The molecule has 1 spiro atoms. The fourth-order valence-electron chi connectivity index (χ4n) is 6.10. The van der Waals surface area contributed by atoms with E-state index in [-0.39, 0.29) is 11.8 Å². The maximum atomic E-state index is 14.2. The van der Waals surface area contributed by atoms with Gasteiger partial charge in [0.05, 0.1) is 30.8 Å². The fraction of sp³-hybridized carbons (Fsp3) is 0.400. The second-order valence-corrected chi connectivity index (χ2v) is 13.9. The van der Waals surface area contributed by atoms with Crippen LogP contribution in [0.3, 0.4) is 0 Å². The molecule has 0 bridgehead atoms. The molecule has 0 saturated heterocycles. The first kappa shape index (κ1) is 31.8. The van der Waals surface area contributed by atoms with Gasteiger partial charge in [-0.25, -0.2) is 19.5 Å². The Kier molecular flexibility index (Phi) is 7.45. The van der Waals surface area contributed by atoms with E-state index in [1.165, 1.54) is 4.68 Å². The van der Waals surface area contributed by atoms with Crippen molar-refractivity contribution in [2.75, 3.05) is 24.4 Å². The molecule has 3 heterocycles. The number of nitrogens with one attached hydrogen (secondary N) is 1. The third-order valence-corrected chi connectivity index (χ3v) is 8.17. The van der Waals surface area contributed by atoms with Crippen LogP contribution in [0, 0.1) is 6.92 Å². The third kappa shape index (κ3) is 5.61. The molecule has 2 atom stereocenters. The summed E-state index contributed by atoms with van der Waals surface area (Å²) in [6.45, 7) is 12.5. The van der Waals surface area contributed by atoms with Gasteiger partial charge in [0.15, 0.2) is 17.4 Å². The highest BCUT2D eigenvalue weighted by Crippen LogP contribution is 2.67. The Morgan fingerprint density at radius 3 is 2.26 bits per heavy atom. The number of aryl methyl sites for hydroxylation is 1. The van der Waals surface area contributed by atoms with E-state index in [1.54, 1.807) is 74.0 Å². The number of hydrogen-bond acceptors (Lipinski definition) is 10. The summed E-state index contributed by atoms with van der Waals surface area (Å²) in [6.07, 6.45) is -0.941. The molecule has 47 heavy (non-hydrogen) atoms. The van der Waals surface area contributed by atoms with Gasteiger partial charge in [0.25, 0.3) is 0 Å². The summed E-state index contributed by atoms with van der Waals surface area (Å²) in [5, 5.41) is 8.47. The van der Waals surface area contributed by atoms with Crippen molar-refractivity contribution in [3.8, 4) is 11.5 Å². The molecule has 1 saturated carbocycles. The molecule has 12 nitrogen and oxygen atoms in total. The Labute approximate surface area is 272 Å². The predicted molar refractivity (Wildman–Crippen MR) is 176 cm³/mol. The third-order valence-electron chi connectivity index (χ3n) is 8.17. The van der Waals surface area contributed by atoms with Crippen LogP contribution in [0.1, 0.15) is 70.7 Å². The Bertz CT molecular complexity index is 1940. The van der Waals surface area contributed by atoms with Gasteiger partial charge in [0.1, 0.15) is 17.0 Å². The fourth-order valence-corrected chi connectivity index (χ4v) is 6.10. The van der Waals surface area contributed by atoms with Crippen LogP contribution < -0.4 is 19.7 Å². The van der Waals surface area contributed by atoms with E-state index in [1.807, 2.05) is 37.3 Å². The van der Waals surface area contributed by atoms with Crippen molar-refractivity contribution in [1.82, 2.24) is 14.8 Å². The summed E-state index contributed by atoms with van der Waals surface area (Å²) in [6, 6.07) is 14.5. The number of fused-ring (bicyclic) bond motifs is 3. The molecule has 2 aromatic heterocycles. The highest BCUT2D eigenvalue weighted by atomic mass is 16.6. The minimum absolute atomic E-state index is 0.297. The van der Waals surface area contributed by atoms with Crippen LogP contribution in [0.5, 0.6) is 11.5 Å². The van der Waals surface area contributed by atoms with Gasteiger partial charge in [-0.05, 0) is 108 Å². The lowest BCUT2D eigenvalue weighted by Gasteiger charge is -2.24. The van der Waals surface area contributed by atoms with Gasteiger partial charge in [-0.1, -0.05) is 6.07 Å². The minimum Gasteiger partial charge on any atom is -0.497 e. The Hall–Kier alpha value is -5.13. The van der Waals surface area contributed by atoms with Crippen LogP contribution in [-0.4, -0.2) is 58.3 Å². The predicted octanol–water partition coefficient (Wildman–Crippen LogP) is 6.99. The van der Waals surface area contributed by atoms with E-state index in [0.717, 1.165) is 16.2 Å². The maximum Gasteiger partial charge on any atom is 0.435 e. The van der Waals surface area contributed by atoms with Gasteiger partial charge in [0.2, 0.25) is 5.91 Å². The van der Waals surface area contributed by atoms with E-state index in [4.69, 9.17) is 18.9 Å². The normalized spacial score (nSPS) is 18.7. The van der Waals surface area contributed by atoms with Crippen molar-refractivity contribution >= 4 is 46.3 Å². The molecule has 1 N–H and O–H groups in total.